The van der Waals surface area contributed by atoms with Crippen molar-refractivity contribution in [3.8, 4) is 23.0 Å². The standard InChI is InChI=1S/C28H33NO8/c1-17(26(30)19-7-9-21(33-2)23(15-19)35-4)25(18-11-13-29(14-12-18)28(32)37-6)27(31)20-8-10-22(34-3)24(16-20)36-5/h7-10,15-16,18,25H,1,11-14H2,2-6H3. The molecule has 1 saturated heterocycles. The Morgan fingerprint density at radius 2 is 1.27 bits per heavy atom. The molecule has 0 aliphatic carbocycles. The van der Waals surface area contributed by atoms with Crippen LogP contribution in [0.1, 0.15) is 33.6 Å². The molecule has 37 heavy (non-hydrogen) atoms. The molecule has 2 aromatic carbocycles. The average Bonchev–Trinajstić information content (AvgIpc) is 2.95. The molecule has 1 unspecified atom stereocenters. The topological polar surface area (TPSA) is 101 Å². The Kier molecular flexibility index (Phi) is 9.16. The molecule has 1 aliphatic rings. The largest absolute Gasteiger partial charge is 0.493 e. The van der Waals surface area contributed by atoms with E-state index in [0.29, 0.717) is 60.1 Å². The first kappa shape index (κ1) is 27.6. The van der Waals surface area contributed by atoms with Gasteiger partial charge in [0.05, 0.1) is 41.5 Å². The van der Waals surface area contributed by atoms with E-state index in [2.05, 4.69) is 6.58 Å². The molecule has 9 heteroatoms. The van der Waals surface area contributed by atoms with Crippen molar-refractivity contribution in [1.82, 2.24) is 4.90 Å². The normalized spacial score (nSPS) is 14.4. The summed E-state index contributed by atoms with van der Waals surface area (Å²) in [6.07, 6.45) is 0.607. The summed E-state index contributed by atoms with van der Waals surface area (Å²) >= 11 is 0. The first-order chi connectivity index (χ1) is 17.8. The van der Waals surface area contributed by atoms with Crippen LogP contribution in [0, 0.1) is 11.8 Å². The van der Waals surface area contributed by atoms with Crippen LogP contribution in [0.25, 0.3) is 0 Å². The van der Waals surface area contributed by atoms with Crippen LogP contribution in [0.4, 0.5) is 4.79 Å². The molecule has 0 saturated carbocycles. The summed E-state index contributed by atoms with van der Waals surface area (Å²) in [4.78, 5) is 41.1. The molecule has 0 spiro atoms. The van der Waals surface area contributed by atoms with E-state index in [1.54, 1.807) is 41.3 Å². The Balaban J connectivity index is 1.97. The molecule has 1 amide bonds. The van der Waals surface area contributed by atoms with Crippen LogP contribution in [-0.4, -0.2) is 71.2 Å². The molecule has 1 aliphatic heterocycles. The Morgan fingerprint density at radius 3 is 1.76 bits per heavy atom. The number of carbonyl (C=O) groups is 3. The van der Waals surface area contributed by atoms with Gasteiger partial charge in [-0.15, -0.1) is 0 Å². The third-order valence-corrected chi connectivity index (χ3v) is 6.71. The van der Waals surface area contributed by atoms with Crippen molar-refractivity contribution in [2.24, 2.45) is 11.8 Å². The lowest BCUT2D eigenvalue weighted by atomic mass is 9.74. The van der Waals surface area contributed by atoms with Gasteiger partial charge in [-0.1, -0.05) is 6.58 Å². The molecule has 1 fully saturated rings. The predicted molar refractivity (Wildman–Crippen MR) is 137 cm³/mol. The quantitative estimate of drug-likeness (QED) is 0.341. The second-order valence-corrected chi connectivity index (χ2v) is 8.63. The fraction of sp³-hybridized carbons (Fsp3) is 0.393. The highest BCUT2D eigenvalue weighted by Crippen LogP contribution is 2.37. The molecule has 9 nitrogen and oxygen atoms in total. The number of nitrogens with zero attached hydrogens (tertiary/aromatic N) is 1. The van der Waals surface area contributed by atoms with Crippen LogP contribution >= 0.6 is 0 Å². The van der Waals surface area contributed by atoms with Crippen LogP contribution in [0.15, 0.2) is 48.6 Å². The maximum Gasteiger partial charge on any atom is 0.409 e. The maximum absolute atomic E-state index is 13.9. The van der Waals surface area contributed by atoms with Gasteiger partial charge in [0.2, 0.25) is 0 Å². The van der Waals surface area contributed by atoms with Gasteiger partial charge in [-0.25, -0.2) is 4.79 Å². The van der Waals surface area contributed by atoms with E-state index in [9.17, 15) is 14.4 Å². The first-order valence-electron chi connectivity index (χ1n) is 11.8. The zero-order valence-electron chi connectivity index (χ0n) is 21.9. The fourth-order valence-electron chi connectivity index (χ4n) is 4.67. The van der Waals surface area contributed by atoms with Crippen LogP contribution in [-0.2, 0) is 4.74 Å². The van der Waals surface area contributed by atoms with Crippen molar-refractivity contribution >= 4 is 17.7 Å². The summed E-state index contributed by atoms with van der Waals surface area (Å²) < 4.78 is 26.1. The van der Waals surface area contributed by atoms with Crippen molar-refractivity contribution in [2.75, 3.05) is 48.6 Å². The highest BCUT2D eigenvalue weighted by molar-refractivity contribution is 6.14. The lowest BCUT2D eigenvalue weighted by Gasteiger charge is -2.35. The number of piperidine rings is 1. The summed E-state index contributed by atoms with van der Waals surface area (Å²) in [5.41, 5.74) is 0.877. The van der Waals surface area contributed by atoms with Gasteiger partial charge in [-0.3, -0.25) is 9.59 Å². The van der Waals surface area contributed by atoms with Gasteiger partial charge in [-0.05, 0) is 55.2 Å². The lowest BCUT2D eigenvalue weighted by Crippen LogP contribution is -2.42. The smallest absolute Gasteiger partial charge is 0.409 e. The molecule has 0 bridgehead atoms. The highest BCUT2D eigenvalue weighted by Gasteiger charge is 2.37. The summed E-state index contributed by atoms with van der Waals surface area (Å²) in [7, 11) is 7.34. The Morgan fingerprint density at radius 1 is 0.784 bits per heavy atom. The Hall–Kier alpha value is -4.01. The molecule has 2 aromatic rings. The van der Waals surface area contributed by atoms with Gasteiger partial charge in [0.15, 0.2) is 34.6 Å². The van der Waals surface area contributed by atoms with Crippen molar-refractivity contribution in [1.29, 1.82) is 0 Å². The molecule has 3 rings (SSSR count). The third-order valence-electron chi connectivity index (χ3n) is 6.71. The number of methoxy groups -OCH3 is 5. The first-order valence-corrected chi connectivity index (χ1v) is 11.8. The summed E-state index contributed by atoms with van der Waals surface area (Å²) in [5.74, 6) is 0.142. The second kappa shape index (κ2) is 12.3. The van der Waals surface area contributed by atoms with Crippen LogP contribution in [0.3, 0.4) is 0 Å². The zero-order chi connectivity index (χ0) is 27.1. The third kappa shape index (κ3) is 5.87. The summed E-state index contributed by atoms with van der Waals surface area (Å²) in [6.45, 7) is 4.91. The average molecular weight is 512 g/mol. The van der Waals surface area contributed by atoms with E-state index in [4.69, 9.17) is 23.7 Å². The van der Waals surface area contributed by atoms with Crippen LogP contribution < -0.4 is 18.9 Å². The number of allylic oxidation sites excluding steroid dienone is 1. The predicted octanol–water partition coefficient (Wildman–Crippen LogP) is 4.44. The maximum atomic E-state index is 13.9. The lowest BCUT2D eigenvalue weighted by molar-refractivity contribution is 0.0777. The van der Waals surface area contributed by atoms with E-state index < -0.39 is 12.0 Å². The van der Waals surface area contributed by atoms with Gasteiger partial charge in [0, 0.05) is 29.8 Å². The van der Waals surface area contributed by atoms with E-state index in [1.807, 2.05) is 0 Å². The number of rotatable bonds is 10. The van der Waals surface area contributed by atoms with Gasteiger partial charge >= 0.3 is 6.09 Å². The Bertz CT molecular complexity index is 1170. The van der Waals surface area contributed by atoms with Gasteiger partial charge in [-0.2, -0.15) is 0 Å². The van der Waals surface area contributed by atoms with E-state index >= 15 is 0 Å². The molecule has 1 atom stereocenters. The number of likely N-dealkylation sites (tertiary alicyclic amines) is 1. The molecule has 198 valence electrons. The molecule has 0 aromatic heterocycles. The molecule has 0 radical (unpaired) electrons. The molecular formula is C28H33NO8. The van der Waals surface area contributed by atoms with Crippen LogP contribution in [0.2, 0.25) is 0 Å². The van der Waals surface area contributed by atoms with E-state index in [-0.39, 0.29) is 23.1 Å². The van der Waals surface area contributed by atoms with Crippen LogP contribution in [0.5, 0.6) is 23.0 Å². The number of Topliss-reactive ketones (excluding diaryl/α,β-unsaturated/α-hetero) is 2. The molecular weight excluding hydrogens is 478 g/mol. The minimum absolute atomic E-state index is 0.170. The molecule has 1 heterocycles. The van der Waals surface area contributed by atoms with Crippen molar-refractivity contribution in [2.45, 2.75) is 12.8 Å². The van der Waals surface area contributed by atoms with Gasteiger partial charge in [0.25, 0.3) is 0 Å². The number of amides is 1. The number of ether oxygens (including phenoxy) is 5. The number of ketones is 2. The monoisotopic (exact) mass is 511 g/mol. The van der Waals surface area contributed by atoms with E-state index in [0.717, 1.165) is 0 Å². The van der Waals surface area contributed by atoms with Gasteiger partial charge in [0.1, 0.15) is 0 Å². The number of hydrogen-bond acceptors (Lipinski definition) is 8. The van der Waals surface area contributed by atoms with Crippen molar-refractivity contribution < 1.29 is 38.1 Å². The fourth-order valence-corrected chi connectivity index (χ4v) is 4.67. The van der Waals surface area contributed by atoms with Crippen molar-refractivity contribution in [3.63, 3.8) is 0 Å². The SMILES string of the molecule is C=C(C(=O)c1ccc(OC)c(OC)c1)C(C(=O)c1ccc(OC)c(OC)c1)C1CCN(C(=O)OC)CC1. The van der Waals surface area contributed by atoms with Gasteiger partial charge < -0.3 is 28.6 Å². The van der Waals surface area contributed by atoms with E-state index in [1.165, 1.54) is 35.5 Å². The minimum atomic E-state index is -0.807. The highest BCUT2D eigenvalue weighted by atomic mass is 16.5. The second-order valence-electron chi connectivity index (χ2n) is 8.63. The minimum Gasteiger partial charge on any atom is -0.493 e. The number of benzene rings is 2. The zero-order valence-corrected chi connectivity index (χ0v) is 21.9. The summed E-state index contributed by atoms with van der Waals surface area (Å²) in [5, 5.41) is 0. The van der Waals surface area contributed by atoms with Crippen molar-refractivity contribution in [3.05, 3.63) is 59.7 Å². The number of carbonyl (C=O) groups excluding carboxylic acids is 3. The molecule has 0 N–H and O–H groups in total. The number of hydrogen-bond donors (Lipinski definition) is 0. The Labute approximate surface area is 216 Å². The summed E-state index contributed by atoms with van der Waals surface area (Å²) in [6, 6.07) is 9.73.